The van der Waals surface area contributed by atoms with Gasteiger partial charge in [0.15, 0.2) is 17.8 Å². The van der Waals surface area contributed by atoms with Crippen LogP contribution in [0.1, 0.15) is 42.2 Å². The lowest BCUT2D eigenvalue weighted by molar-refractivity contribution is -0.104. The van der Waals surface area contributed by atoms with Gasteiger partial charge < -0.3 is 9.47 Å². The second kappa shape index (κ2) is 8.96. The van der Waals surface area contributed by atoms with Crippen LogP contribution in [0, 0.1) is 13.8 Å². The van der Waals surface area contributed by atoms with E-state index in [-0.39, 0.29) is 28.9 Å². The molecule has 0 saturated heterocycles. The minimum Gasteiger partial charge on any atom is -0.419 e. The van der Waals surface area contributed by atoms with Crippen LogP contribution >= 0.6 is 0 Å². The predicted octanol–water partition coefficient (Wildman–Crippen LogP) is 4.12. The number of esters is 2. The number of benzene rings is 3. The Morgan fingerprint density at radius 1 is 0.667 bits per heavy atom. The second-order valence-corrected chi connectivity index (χ2v) is 6.66. The summed E-state index contributed by atoms with van der Waals surface area (Å²) in [6.45, 7) is 3.67. The first-order valence-corrected chi connectivity index (χ1v) is 9.08. The highest BCUT2D eigenvalue weighted by atomic mass is 16.6. The van der Waals surface area contributed by atoms with Gasteiger partial charge in [-0.05, 0) is 56.3 Å². The average Bonchev–Trinajstić information content (AvgIpc) is 2.74. The molecule has 0 aliphatic carbocycles. The fourth-order valence-corrected chi connectivity index (χ4v) is 2.76. The molecular formula is C24H18O6. The predicted molar refractivity (Wildman–Crippen MR) is 109 cm³/mol. The largest absolute Gasteiger partial charge is 0.419 e. The summed E-state index contributed by atoms with van der Waals surface area (Å²) in [6, 6.07) is 17.4. The Hall–Kier alpha value is -4.06. The third-order valence-electron chi connectivity index (χ3n) is 4.25. The Morgan fingerprint density at radius 3 is 1.70 bits per heavy atom. The summed E-state index contributed by atoms with van der Waals surface area (Å²) in [7, 11) is 0. The van der Waals surface area contributed by atoms with Crippen molar-refractivity contribution in [1.29, 1.82) is 0 Å². The van der Waals surface area contributed by atoms with E-state index in [4.69, 9.17) is 9.47 Å². The van der Waals surface area contributed by atoms with E-state index in [1.807, 2.05) is 26.0 Å². The van der Waals surface area contributed by atoms with Crippen molar-refractivity contribution in [1.82, 2.24) is 0 Å². The third kappa shape index (κ3) is 4.86. The summed E-state index contributed by atoms with van der Waals surface area (Å²) in [6.07, 6.45) is 0.153. The molecule has 3 rings (SSSR count). The molecule has 0 atom stereocenters. The van der Waals surface area contributed by atoms with Gasteiger partial charge in [-0.15, -0.1) is 0 Å². The standard InChI is InChI=1S/C24H18O6/c1-15-5-3-7-18(11-15)23(27)29-21-10-9-17(20(26)14-25)13-22(21)30-24(28)19-8-4-6-16(2)12-19/h3-14H,1-2H3. The Bertz CT molecular complexity index is 1150. The van der Waals surface area contributed by atoms with Crippen LogP contribution in [0.5, 0.6) is 11.5 Å². The molecule has 0 N–H and O–H groups in total. The van der Waals surface area contributed by atoms with Gasteiger partial charge in [0.05, 0.1) is 11.1 Å². The molecular weight excluding hydrogens is 384 g/mol. The molecule has 0 heterocycles. The number of ketones is 1. The number of aldehydes is 1. The van der Waals surface area contributed by atoms with Crippen LogP contribution in [0.4, 0.5) is 0 Å². The third-order valence-corrected chi connectivity index (χ3v) is 4.25. The number of carbonyl (C=O) groups excluding carboxylic acids is 4. The number of Topliss-reactive ketones (excluding diaryl/α,β-unsaturated/α-hetero) is 1. The highest BCUT2D eigenvalue weighted by molar-refractivity contribution is 6.33. The average molecular weight is 402 g/mol. The molecule has 0 fully saturated rings. The van der Waals surface area contributed by atoms with Gasteiger partial charge in [-0.25, -0.2) is 9.59 Å². The summed E-state index contributed by atoms with van der Waals surface area (Å²) in [5.74, 6) is -2.33. The summed E-state index contributed by atoms with van der Waals surface area (Å²) in [4.78, 5) is 47.6. The van der Waals surface area contributed by atoms with Crippen molar-refractivity contribution in [2.75, 3.05) is 0 Å². The van der Waals surface area contributed by atoms with Crippen LogP contribution in [0.2, 0.25) is 0 Å². The summed E-state index contributed by atoms with van der Waals surface area (Å²) in [5, 5.41) is 0. The van der Waals surface area contributed by atoms with E-state index in [1.54, 1.807) is 36.4 Å². The molecule has 6 heteroatoms. The van der Waals surface area contributed by atoms with Gasteiger partial charge in [0, 0.05) is 5.56 Å². The fraction of sp³-hybridized carbons (Fsp3) is 0.0833. The SMILES string of the molecule is Cc1cccc(C(=O)Oc2ccc(C(=O)C=O)cc2OC(=O)c2cccc(C)c2)c1. The molecule has 0 saturated carbocycles. The van der Waals surface area contributed by atoms with Gasteiger partial charge in [-0.3, -0.25) is 9.59 Å². The Morgan fingerprint density at radius 2 is 1.20 bits per heavy atom. The van der Waals surface area contributed by atoms with Crippen molar-refractivity contribution in [2.45, 2.75) is 13.8 Å². The Labute approximate surface area is 173 Å². The lowest BCUT2D eigenvalue weighted by atomic mass is 10.1. The number of rotatable bonds is 6. The summed E-state index contributed by atoms with van der Waals surface area (Å²) < 4.78 is 10.8. The van der Waals surface area contributed by atoms with Crippen LogP contribution in [0.3, 0.4) is 0 Å². The van der Waals surface area contributed by atoms with E-state index in [2.05, 4.69) is 0 Å². The number of hydrogen-bond donors (Lipinski definition) is 0. The van der Waals surface area contributed by atoms with Crippen molar-refractivity contribution in [3.8, 4) is 11.5 Å². The molecule has 0 unspecified atom stereocenters. The molecule has 0 amide bonds. The maximum absolute atomic E-state index is 12.6. The second-order valence-electron chi connectivity index (χ2n) is 6.66. The Kier molecular flexibility index (Phi) is 6.17. The van der Waals surface area contributed by atoms with Gasteiger partial charge >= 0.3 is 11.9 Å². The normalized spacial score (nSPS) is 10.2. The molecule has 3 aromatic carbocycles. The van der Waals surface area contributed by atoms with Gasteiger partial charge in [-0.1, -0.05) is 35.4 Å². The van der Waals surface area contributed by atoms with E-state index >= 15 is 0 Å². The first kappa shape index (κ1) is 20.7. The molecule has 0 radical (unpaired) electrons. The highest BCUT2D eigenvalue weighted by Crippen LogP contribution is 2.30. The molecule has 150 valence electrons. The van der Waals surface area contributed by atoms with E-state index in [9.17, 15) is 19.2 Å². The highest BCUT2D eigenvalue weighted by Gasteiger charge is 2.19. The van der Waals surface area contributed by atoms with Gasteiger partial charge in [0.25, 0.3) is 0 Å². The lowest BCUT2D eigenvalue weighted by Crippen LogP contribution is -2.13. The van der Waals surface area contributed by atoms with Crippen LogP contribution in [0.15, 0.2) is 66.7 Å². The molecule has 0 aliphatic heterocycles. The van der Waals surface area contributed by atoms with Crippen molar-refractivity contribution in [2.24, 2.45) is 0 Å². The topological polar surface area (TPSA) is 86.7 Å². The summed E-state index contributed by atoms with van der Waals surface area (Å²) in [5.41, 5.74) is 2.35. The van der Waals surface area contributed by atoms with E-state index in [0.717, 1.165) is 11.1 Å². The zero-order chi connectivity index (χ0) is 21.7. The molecule has 0 aromatic heterocycles. The quantitative estimate of drug-likeness (QED) is 0.203. The molecule has 30 heavy (non-hydrogen) atoms. The molecule has 0 aliphatic rings. The van der Waals surface area contributed by atoms with Crippen LogP contribution < -0.4 is 9.47 Å². The number of hydrogen-bond acceptors (Lipinski definition) is 6. The summed E-state index contributed by atoms with van der Waals surface area (Å²) >= 11 is 0. The fourth-order valence-electron chi connectivity index (χ4n) is 2.76. The zero-order valence-electron chi connectivity index (χ0n) is 16.4. The van der Waals surface area contributed by atoms with E-state index in [1.165, 1.54) is 18.2 Å². The van der Waals surface area contributed by atoms with E-state index < -0.39 is 17.7 Å². The lowest BCUT2D eigenvalue weighted by Gasteiger charge is -2.12. The smallest absolute Gasteiger partial charge is 0.343 e. The monoisotopic (exact) mass is 402 g/mol. The Balaban J connectivity index is 1.94. The van der Waals surface area contributed by atoms with Gasteiger partial charge in [-0.2, -0.15) is 0 Å². The number of aryl methyl sites for hydroxylation is 2. The minimum absolute atomic E-state index is 0.00685. The first-order chi connectivity index (χ1) is 14.4. The van der Waals surface area contributed by atoms with Crippen molar-refractivity contribution in [3.05, 3.63) is 94.5 Å². The number of ether oxygens (including phenoxy) is 2. The van der Waals surface area contributed by atoms with Crippen molar-refractivity contribution < 1.29 is 28.7 Å². The first-order valence-electron chi connectivity index (χ1n) is 9.08. The van der Waals surface area contributed by atoms with Crippen LogP contribution in [-0.4, -0.2) is 24.0 Å². The van der Waals surface area contributed by atoms with E-state index in [0.29, 0.717) is 5.56 Å². The van der Waals surface area contributed by atoms with Crippen LogP contribution in [0.25, 0.3) is 0 Å². The maximum atomic E-state index is 12.6. The van der Waals surface area contributed by atoms with Gasteiger partial charge in [0.1, 0.15) is 0 Å². The minimum atomic E-state index is -0.792. The molecule has 0 bridgehead atoms. The van der Waals surface area contributed by atoms with Crippen LogP contribution in [-0.2, 0) is 4.79 Å². The molecule has 3 aromatic rings. The van der Waals surface area contributed by atoms with Crippen molar-refractivity contribution in [3.63, 3.8) is 0 Å². The van der Waals surface area contributed by atoms with Gasteiger partial charge in [0.2, 0.25) is 5.78 Å². The zero-order valence-corrected chi connectivity index (χ0v) is 16.4. The number of carbonyl (C=O) groups is 4. The maximum Gasteiger partial charge on any atom is 0.343 e. The molecule has 0 spiro atoms. The van der Waals surface area contributed by atoms with Crippen molar-refractivity contribution >= 4 is 24.0 Å². The molecule has 6 nitrogen and oxygen atoms in total.